The molecule has 0 radical (unpaired) electrons. The molecular formula is C5H8FNO3. The molecule has 0 aromatic heterocycles. The number of carbonyl (C=O) groups is 1. The number of alkyl halides is 1. The molecule has 1 aliphatic rings. The van der Waals surface area contributed by atoms with E-state index in [0.29, 0.717) is 0 Å². The fourth-order valence-electron chi connectivity index (χ4n) is 0.903. The Balaban J connectivity index is 2.49. The van der Waals surface area contributed by atoms with E-state index in [9.17, 15) is 9.18 Å². The lowest BCUT2D eigenvalue weighted by Gasteiger charge is -2.07. The summed E-state index contributed by atoms with van der Waals surface area (Å²) >= 11 is 0. The van der Waals surface area contributed by atoms with Crippen molar-refractivity contribution in [1.29, 1.82) is 0 Å². The summed E-state index contributed by atoms with van der Waals surface area (Å²) in [5, 5.41) is 17.0. The van der Waals surface area contributed by atoms with Crippen molar-refractivity contribution in [2.45, 2.75) is 12.3 Å². The van der Waals surface area contributed by atoms with E-state index >= 15 is 0 Å². The first-order valence-electron chi connectivity index (χ1n) is 2.91. The zero-order valence-corrected chi connectivity index (χ0v) is 5.20. The zero-order valence-electron chi connectivity index (χ0n) is 5.20. The molecule has 1 unspecified atom stereocenters. The van der Waals surface area contributed by atoms with Gasteiger partial charge in [0.05, 0.1) is 13.1 Å². The van der Waals surface area contributed by atoms with Crippen LogP contribution in [0.3, 0.4) is 0 Å². The third-order valence-electron chi connectivity index (χ3n) is 1.49. The molecular weight excluding hydrogens is 141 g/mol. The van der Waals surface area contributed by atoms with Crippen molar-refractivity contribution in [2.75, 3.05) is 13.1 Å². The Kier molecular flexibility index (Phi) is 1.76. The monoisotopic (exact) mass is 149 g/mol. The fourth-order valence-corrected chi connectivity index (χ4v) is 0.903. The van der Waals surface area contributed by atoms with Gasteiger partial charge in [0.25, 0.3) is 0 Å². The highest BCUT2D eigenvalue weighted by Crippen LogP contribution is 2.12. The van der Waals surface area contributed by atoms with E-state index in [2.05, 4.69) is 0 Å². The minimum atomic E-state index is -1.42. The Morgan fingerprint density at radius 3 is 2.40 bits per heavy atom. The Bertz CT molecular complexity index is 142. The second kappa shape index (κ2) is 2.42. The van der Waals surface area contributed by atoms with E-state index in [0.717, 1.165) is 4.90 Å². The lowest BCUT2D eigenvalue weighted by atomic mass is 10.3. The largest absolute Gasteiger partial charge is 0.465 e. The van der Waals surface area contributed by atoms with E-state index in [1.165, 1.54) is 0 Å². The maximum absolute atomic E-state index is 12.4. The molecule has 1 rings (SSSR count). The van der Waals surface area contributed by atoms with Gasteiger partial charge in [-0.3, -0.25) is 0 Å². The molecule has 0 spiro atoms. The van der Waals surface area contributed by atoms with Crippen molar-refractivity contribution in [1.82, 2.24) is 4.90 Å². The topological polar surface area (TPSA) is 60.8 Å². The first kappa shape index (κ1) is 7.27. The molecule has 2 N–H and O–H groups in total. The quantitative estimate of drug-likeness (QED) is 0.496. The van der Waals surface area contributed by atoms with Crippen molar-refractivity contribution in [3.05, 3.63) is 0 Å². The van der Waals surface area contributed by atoms with Crippen LogP contribution in [0.15, 0.2) is 0 Å². The van der Waals surface area contributed by atoms with Crippen LogP contribution in [0.4, 0.5) is 9.18 Å². The number of rotatable bonds is 0. The van der Waals surface area contributed by atoms with Gasteiger partial charge in [-0.25, -0.2) is 9.18 Å². The Morgan fingerprint density at radius 1 is 1.60 bits per heavy atom. The van der Waals surface area contributed by atoms with Crippen LogP contribution in [0.1, 0.15) is 0 Å². The molecule has 5 heteroatoms. The Morgan fingerprint density at radius 2 is 2.20 bits per heavy atom. The summed E-state index contributed by atoms with van der Waals surface area (Å²) in [4.78, 5) is 11.0. The number of aliphatic hydroxyl groups excluding tert-OH is 1. The Labute approximate surface area is 56.9 Å². The van der Waals surface area contributed by atoms with Crippen LogP contribution in [-0.4, -0.2) is 46.6 Å². The number of hydrogen-bond donors (Lipinski definition) is 2. The number of carboxylic acid groups (broad SMARTS) is 1. The summed E-state index contributed by atoms with van der Waals surface area (Å²) in [5.41, 5.74) is 0. The van der Waals surface area contributed by atoms with Crippen LogP contribution in [0.2, 0.25) is 0 Å². The highest BCUT2D eigenvalue weighted by Gasteiger charge is 2.33. The second-order valence-corrected chi connectivity index (χ2v) is 2.27. The van der Waals surface area contributed by atoms with Gasteiger partial charge in [-0.15, -0.1) is 0 Å². The average molecular weight is 149 g/mol. The highest BCUT2D eigenvalue weighted by atomic mass is 19.1. The van der Waals surface area contributed by atoms with Crippen molar-refractivity contribution in [2.24, 2.45) is 0 Å². The van der Waals surface area contributed by atoms with Gasteiger partial charge in [0.2, 0.25) is 0 Å². The molecule has 2 atom stereocenters. The molecule has 0 saturated carbocycles. The zero-order chi connectivity index (χ0) is 7.72. The predicted molar refractivity (Wildman–Crippen MR) is 30.5 cm³/mol. The number of nitrogens with zero attached hydrogens (tertiary/aromatic N) is 1. The van der Waals surface area contributed by atoms with Gasteiger partial charge >= 0.3 is 6.09 Å². The SMILES string of the molecule is O=C(O)N1CC(O)[C@H](F)C1. The molecule has 1 aliphatic heterocycles. The normalized spacial score (nSPS) is 32.8. The number of aliphatic hydroxyl groups is 1. The summed E-state index contributed by atoms with van der Waals surface area (Å²) in [6.45, 7) is -0.326. The molecule has 0 aromatic rings. The van der Waals surface area contributed by atoms with E-state index < -0.39 is 18.4 Å². The van der Waals surface area contributed by atoms with Crippen LogP contribution in [0.25, 0.3) is 0 Å². The van der Waals surface area contributed by atoms with E-state index in [1.54, 1.807) is 0 Å². The minimum absolute atomic E-state index is 0.115. The maximum Gasteiger partial charge on any atom is 0.407 e. The highest BCUT2D eigenvalue weighted by molar-refractivity contribution is 5.65. The molecule has 1 fully saturated rings. The molecule has 0 bridgehead atoms. The average Bonchev–Trinajstić information content (AvgIpc) is 2.13. The maximum atomic E-state index is 12.4. The van der Waals surface area contributed by atoms with E-state index in [4.69, 9.17) is 10.2 Å². The van der Waals surface area contributed by atoms with Crippen LogP contribution in [0, 0.1) is 0 Å². The number of halogens is 1. The van der Waals surface area contributed by atoms with Crippen LogP contribution in [0.5, 0.6) is 0 Å². The van der Waals surface area contributed by atoms with Gasteiger partial charge in [0, 0.05) is 0 Å². The molecule has 1 amide bonds. The second-order valence-electron chi connectivity index (χ2n) is 2.27. The fraction of sp³-hybridized carbons (Fsp3) is 0.800. The van der Waals surface area contributed by atoms with Gasteiger partial charge < -0.3 is 15.1 Å². The van der Waals surface area contributed by atoms with Gasteiger partial charge in [-0.05, 0) is 0 Å². The number of likely N-dealkylation sites (tertiary alicyclic amines) is 1. The third kappa shape index (κ3) is 1.18. The van der Waals surface area contributed by atoms with Crippen LogP contribution >= 0.6 is 0 Å². The molecule has 10 heavy (non-hydrogen) atoms. The summed E-state index contributed by atoms with van der Waals surface area (Å²) in [6.07, 6.45) is -3.74. The van der Waals surface area contributed by atoms with Crippen molar-refractivity contribution in [3.63, 3.8) is 0 Å². The van der Waals surface area contributed by atoms with E-state index in [1.807, 2.05) is 0 Å². The van der Waals surface area contributed by atoms with Gasteiger partial charge in [0.1, 0.15) is 12.3 Å². The third-order valence-corrected chi connectivity index (χ3v) is 1.49. The number of β-amino-alcohol motifs (C(OH)–C–C–N with tert-alkyl or cyclic N) is 1. The predicted octanol–water partition coefficient (Wildman–Crippen LogP) is -0.321. The standard InChI is InChI=1S/C5H8FNO3/c6-3-1-7(5(9)10)2-4(3)8/h3-4,8H,1-2H2,(H,9,10)/t3-,4?/m1/s1. The summed E-state index contributed by atoms with van der Waals surface area (Å²) in [6, 6.07) is 0. The first-order chi connectivity index (χ1) is 4.61. The lowest BCUT2D eigenvalue weighted by Crippen LogP contribution is -2.27. The van der Waals surface area contributed by atoms with Gasteiger partial charge in [-0.2, -0.15) is 0 Å². The molecule has 0 aliphatic carbocycles. The number of amides is 1. The van der Waals surface area contributed by atoms with Crippen molar-refractivity contribution < 1.29 is 19.4 Å². The van der Waals surface area contributed by atoms with Gasteiger partial charge in [-0.1, -0.05) is 0 Å². The molecule has 1 heterocycles. The number of hydrogen-bond acceptors (Lipinski definition) is 2. The Hall–Kier alpha value is -0.840. The molecule has 58 valence electrons. The molecule has 4 nitrogen and oxygen atoms in total. The van der Waals surface area contributed by atoms with Gasteiger partial charge in [0.15, 0.2) is 0 Å². The molecule has 1 saturated heterocycles. The van der Waals surface area contributed by atoms with Crippen LogP contribution in [-0.2, 0) is 0 Å². The smallest absolute Gasteiger partial charge is 0.407 e. The molecule has 0 aromatic carbocycles. The minimum Gasteiger partial charge on any atom is -0.465 e. The first-order valence-corrected chi connectivity index (χ1v) is 2.91. The van der Waals surface area contributed by atoms with Crippen molar-refractivity contribution >= 4 is 6.09 Å². The van der Waals surface area contributed by atoms with Crippen molar-refractivity contribution in [3.8, 4) is 0 Å². The summed E-state index contributed by atoms with van der Waals surface area (Å²) in [5.74, 6) is 0. The summed E-state index contributed by atoms with van der Waals surface area (Å²) in [7, 11) is 0. The van der Waals surface area contributed by atoms with E-state index in [-0.39, 0.29) is 13.1 Å². The van der Waals surface area contributed by atoms with Crippen LogP contribution < -0.4 is 0 Å². The lowest BCUT2D eigenvalue weighted by molar-refractivity contribution is 0.114. The summed E-state index contributed by atoms with van der Waals surface area (Å²) < 4.78 is 12.4.